The Morgan fingerprint density at radius 1 is 0.316 bits per heavy atom. The maximum absolute atomic E-state index is 12.8. The minimum atomic E-state index is -4.42. The zero-order chi connectivity index (χ0) is 68.6. The molecule has 0 aromatic rings. The maximum Gasteiger partial charge on any atom is 0.472 e. The monoisotopic (exact) mass is 1330 g/mol. The zero-order valence-electron chi connectivity index (χ0n) is 59.8. The molecule has 532 valence electrons. The lowest BCUT2D eigenvalue weighted by Crippen LogP contribution is -2.29. The second-order valence-corrected chi connectivity index (χ2v) is 25.1. The predicted octanol–water partition coefficient (Wildman–Crippen LogP) is 25.2. The van der Waals surface area contributed by atoms with Crippen LogP contribution in [0, 0.1) is 0 Å². The summed E-state index contributed by atoms with van der Waals surface area (Å²) in [6.07, 6.45) is 120. The van der Waals surface area contributed by atoms with Crippen LogP contribution in [-0.2, 0) is 32.7 Å². The summed E-state index contributed by atoms with van der Waals surface area (Å²) in [5, 5.41) is 0. The van der Waals surface area contributed by atoms with Crippen molar-refractivity contribution in [2.45, 2.75) is 277 Å². The van der Waals surface area contributed by atoms with Crippen molar-refractivity contribution < 1.29 is 37.6 Å². The van der Waals surface area contributed by atoms with Gasteiger partial charge in [-0.2, -0.15) is 0 Å². The summed E-state index contributed by atoms with van der Waals surface area (Å²) in [6.45, 7) is 3.48. The van der Waals surface area contributed by atoms with E-state index in [2.05, 4.69) is 233 Å². The van der Waals surface area contributed by atoms with Gasteiger partial charge < -0.3 is 20.1 Å². The molecule has 95 heavy (non-hydrogen) atoms. The van der Waals surface area contributed by atoms with Crippen LogP contribution < -0.4 is 5.73 Å². The Labute approximate surface area is 581 Å². The molecule has 0 aliphatic rings. The molecule has 2 atom stereocenters. The van der Waals surface area contributed by atoms with E-state index in [-0.39, 0.29) is 32.6 Å². The van der Waals surface area contributed by atoms with Crippen molar-refractivity contribution in [3.05, 3.63) is 219 Å². The first-order valence-electron chi connectivity index (χ1n) is 37.2. The zero-order valence-corrected chi connectivity index (χ0v) is 60.7. The van der Waals surface area contributed by atoms with Crippen molar-refractivity contribution >= 4 is 19.8 Å². The van der Waals surface area contributed by atoms with Crippen molar-refractivity contribution in [2.75, 3.05) is 26.4 Å². The Morgan fingerprint density at radius 3 is 0.811 bits per heavy atom. The largest absolute Gasteiger partial charge is 0.472 e. The molecule has 2 unspecified atom stereocenters. The average molecular weight is 1330 g/mol. The number of rotatable bonds is 67. The summed E-state index contributed by atoms with van der Waals surface area (Å²) < 4.78 is 33.2. The van der Waals surface area contributed by atoms with Gasteiger partial charge in [0.1, 0.15) is 6.61 Å². The number of hydrogen-bond acceptors (Lipinski definition) is 8. The molecule has 0 spiro atoms. The Morgan fingerprint density at radius 2 is 0.547 bits per heavy atom. The Kier molecular flexibility index (Phi) is 72.7. The lowest BCUT2D eigenvalue weighted by molar-refractivity contribution is -0.161. The number of esters is 2. The molecule has 0 amide bonds. The highest BCUT2D eigenvalue weighted by Crippen LogP contribution is 2.43. The third kappa shape index (κ3) is 77.2. The van der Waals surface area contributed by atoms with Crippen molar-refractivity contribution in [3.8, 4) is 0 Å². The van der Waals surface area contributed by atoms with E-state index in [0.29, 0.717) is 12.8 Å². The van der Waals surface area contributed by atoms with Crippen LogP contribution in [0.15, 0.2) is 219 Å². The number of phosphoric ester groups is 1. The highest BCUT2D eigenvalue weighted by Gasteiger charge is 2.26. The quantitative estimate of drug-likeness (QED) is 0.0264. The van der Waals surface area contributed by atoms with Gasteiger partial charge in [-0.05, 0) is 154 Å². The van der Waals surface area contributed by atoms with Gasteiger partial charge in [-0.3, -0.25) is 18.6 Å². The third-order valence-electron chi connectivity index (χ3n) is 14.9. The van der Waals surface area contributed by atoms with Gasteiger partial charge in [-0.25, -0.2) is 4.57 Å². The van der Waals surface area contributed by atoms with Gasteiger partial charge in [0.15, 0.2) is 6.10 Å². The number of nitrogens with two attached hydrogens (primary N) is 1. The van der Waals surface area contributed by atoms with E-state index < -0.39 is 32.5 Å². The van der Waals surface area contributed by atoms with Crippen LogP contribution in [0.5, 0.6) is 0 Å². The van der Waals surface area contributed by atoms with E-state index in [1.807, 2.05) is 0 Å². The second-order valence-electron chi connectivity index (χ2n) is 23.7. The summed E-state index contributed by atoms with van der Waals surface area (Å²) in [5.41, 5.74) is 5.41. The van der Waals surface area contributed by atoms with Crippen LogP contribution in [0.4, 0.5) is 0 Å². The lowest BCUT2D eigenvalue weighted by Gasteiger charge is -2.19. The van der Waals surface area contributed by atoms with Crippen LogP contribution in [0.1, 0.15) is 271 Å². The number of hydrogen-bond donors (Lipinski definition) is 2. The van der Waals surface area contributed by atoms with Gasteiger partial charge >= 0.3 is 19.8 Å². The van der Waals surface area contributed by atoms with Crippen LogP contribution in [0.25, 0.3) is 0 Å². The Bertz CT molecular complexity index is 2370. The van der Waals surface area contributed by atoms with Gasteiger partial charge in [0.05, 0.1) is 13.2 Å². The van der Waals surface area contributed by atoms with Crippen LogP contribution in [-0.4, -0.2) is 49.3 Å². The fourth-order valence-electron chi connectivity index (χ4n) is 9.44. The molecule has 3 N–H and O–H groups in total. The topological polar surface area (TPSA) is 134 Å². The first-order chi connectivity index (χ1) is 46.8. The molecule has 0 aromatic heterocycles. The number of allylic oxidation sites excluding steroid dienone is 36. The van der Waals surface area contributed by atoms with E-state index in [1.54, 1.807) is 0 Å². The van der Waals surface area contributed by atoms with E-state index in [4.69, 9.17) is 24.3 Å². The molecule has 0 aliphatic carbocycles. The number of carbonyl (C=O) groups excluding carboxylic acids is 2. The van der Waals surface area contributed by atoms with E-state index in [9.17, 15) is 19.0 Å². The van der Waals surface area contributed by atoms with Gasteiger partial charge in [0.25, 0.3) is 0 Å². The molecule has 0 bridgehead atoms. The molecular weight excluding hydrogens is 1190 g/mol. The molecule has 9 nitrogen and oxygen atoms in total. The number of carbonyl (C=O) groups is 2. The fraction of sp³-hybridized carbons (Fsp3) is 0.553. The molecule has 0 saturated heterocycles. The van der Waals surface area contributed by atoms with Crippen molar-refractivity contribution in [1.82, 2.24) is 0 Å². The summed E-state index contributed by atoms with van der Waals surface area (Å²) >= 11 is 0. The van der Waals surface area contributed by atoms with Gasteiger partial charge in [-0.15, -0.1) is 0 Å². The minimum absolute atomic E-state index is 0.0404. The summed E-state index contributed by atoms with van der Waals surface area (Å²) in [7, 11) is -4.42. The third-order valence-corrected chi connectivity index (χ3v) is 15.8. The first kappa shape index (κ1) is 89.3. The second kappa shape index (κ2) is 77.3. The predicted molar refractivity (Wildman–Crippen MR) is 412 cm³/mol. The molecule has 0 heterocycles. The summed E-state index contributed by atoms with van der Waals surface area (Å²) in [6, 6.07) is 0. The van der Waals surface area contributed by atoms with Crippen molar-refractivity contribution in [3.63, 3.8) is 0 Å². The standard InChI is InChI=1S/C85H134NO8P/c1-3-5-7-9-11-13-15-17-19-21-23-25-27-29-31-33-35-37-39-40-41-42-44-46-48-50-52-54-56-58-60-62-64-66-68-70-72-74-76-78-85(88)94-83(82-93-95(89,90)92-80-79-86)81-91-84(87)77-75-73-71-69-67-65-63-61-59-57-55-53-51-49-47-45-43-38-36-34-32-30-28-26-24-22-20-18-16-14-12-10-8-6-4-2/h5-8,11-14,17-20,23-26,29-32,35-38,40-41,44-47,50-53,57,59,83H,3-4,9-10,15-16,21-22,27-28,33-34,39,42-43,48-49,54-56,58,60-82,86H2,1-2H3,(H,89,90)/b7-5-,8-6-,13-11-,14-12-,19-17-,20-18-,25-23-,26-24-,31-29-,32-30-,37-35-,38-36-,41-40-,46-44-,47-45-,52-50-,53-51-,59-57-. The molecule has 0 saturated carbocycles. The Hall–Kier alpha value is -5.67. The molecule has 0 aromatic carbocycles. The molecule has 0 fully saturated rings. The van der Waals surface area contributed by atoms with Crippen LogP contribution >= 0.6 is 7.82 Å². The normalized spacial score (nSPS) is 14.2. The summed E-state index contributed by atoms with van der Waals surface area (Å²) in [4.78, 5) is 35.4. The molecule has 0 aliphatic heterocycles. The van der Waals surface area contributed by atoms with E-state index in [1.165, 1.54) is 64.2 Å². The highest BCUT2D eigenvalue weighted by atomic mass is 31.2. The minimum Gasteiger partial charge on any atom is -0.462 e. The number of unbranched alkanes of at least 4 members (excludes halogenated alkanes) is 18. The van der Waals surface area contributed by atoms with Gasteiger partial charge in [0.2, 0.25) is 0 Å². The van der Waals surface area contributed by atoms with Crippen LogP contribution in [0.3, 0.4) is 0 Å². The highest BCUT2D eigenvalue weighted by molar-refractivity contribution is 7.47. The van der Waals surface area contributed by atoms with Gasteiger partial charge in [-0.1, -0.05) is 322 Å². The van der Waals surface area contributed by atoms with E-state index >= 15 is 0 Å². The molecule has 10 heteroatoms. The van der Waals surface area contributed by atoms with Crippen molar-refractivity contribution in [2.24, 2.45) is 5.73 Å². The van der Waals surface area contributed by atoms with Crippen molar-refractivity contribution in [1.29, 1.82) is 0 Å². The van der Waals surface area contributed by atoms with E-state index in [0.717, 1.165) is 167 Å². The lowest BCUT2D eigenvalue weighted by atomic mass is 10.0. The molecular formula is C85H134NO8P. The smallest absolute Gasteiger partial charge is 0.462 e. The number of phosphoric acid groups is 1. The average Bonchev–Trinajstić information content (AvgIpc) is 3.16. The number of ether oxygens (including phenoxy) is 2. The maximum atomic E-state index is 12.8. The summed E-state index contributed by atoms with van der Waals surface area (Å²) in [5.74, 6) is -0.857. The van der Waals surface area contributed by atoms with Gasteiger partial charge in [0, 0.05) is 19.4 Å². The first-order valence-corrected chi connectivity index (χ1v) is 38.7. The molecule has 0 radical (unpaired) electrons. The fourth-order valence-corrected chi connectivity index (χ4v) is 10.2. The Balaban J connectivity index is 3.99. The molecule has 0 rings (SSSR count). The van der Waals surface area contributed by atoms with Crippen LogP contribution in [0.2, 0.25) is 0 Å². The SMILES string of the molecule is CC/C=C\C/C=C\C/C=C\C/C=C\C/C=C\C/C=C\C/C=C\C/C=C\C/C=C\CCCCCCCCCCCCCC(=O)OC(COC(=O)CCCCCCCCC/C=C\C/C=C\C/C=C\C/C=C\C/C=C\C/C=C\C/C=C\C/C=C\C/C=C\CC)COP(=O)(O)OCCN.